The van der Waals surface area contributed by atoms with E-state index in [-0.39, 0.29) is 0 Å². The third-order valence-corrected chi connectivity index (χ3v) is 1.26. The Morgan fingerprint density at radius 2 is 2.33 bits per heavy atom. The first kappa shape index (κ1) is 10.9. The zero-order valence-electron chi connectivity index (χ0n) is 7.45. The fourth-order valence-electron chi connectivity index (χ4n) is 0.652. The maximum atomic E-state index is 9.15. The summed E-state index contributed by atoms with van der Waals surface area (Å²) in [6.45, 7) is 5.62. The average Bonchev–Trinajstić information content (AvgIpc) is 2.05. The van der Waals surface area contributed by atoms with Crippen molar-refractivity contribution in [3.8, 4) is 11.8 Å². The molecule has 0 amide bonds. The van der Waals surface area contributed by atoms with E-state index in [9.17, 15) is 0 Å². The first-order valence-electron chi connectivity index (χ1n) is 3.98. The van der Waals surface area contributed by atoms with Gasteiger partial charge in [-0.1, -0.05) is 18.1 Å². The summed E-state index contributed by atoms with van der Waals surface area (Å²) in [7, 11) is 0. The van der Waals surface area contributed by atoms with Gasteiger partial charge in [0, 0.05) is 12.8 Å². The van der Waals surface area contributed by atoms with Crippen LogP contribution in [0.5, 0.6) is 0 Å². The van der Waals surface area contributed by atoms with Gasteiger partial charge in [0.2, 0.25) is 0 Å². The van der Waals surface area contributed by atoms with E-state index in [1.807, 2.05) is 19.1 Å². The van der Waals surface area contributed by atoms with E-state index >= 15 is 0 Å². The summed E-state index contributed by atoms with van der Waals surface area (Å²) in [5.74, 6) is 5.78. The molecule has 0 rings (SSSR count). The maximum absolute atomic E-state index is 9.15. The third kappa shape index (κ3) is 7.04. The molecule has 0 saturated heterocycles. The Hall–Kier alpha value is -1.07. The molecule has 0 aliphatic carbocycles. The number of aliphatic hydroxyl groups is 1. The van der Waals surface area contributed by atoms with Crippen LogP contribution in [0, 0.1) is 11.8 Å². The first-order valence-corrected chi connectivity index (χ1v) is 3.98. The minimum absolute atomic E-state index is 0.373. The van der Waals surface area contributed by atoms with Gasteiger partial charge >= 0.3 is 0 Å². The van der Waals surface area contributed by atoms with Crippen molar-refractivity contribution >= 4 is 6.72 Å². The first-order chi connectivity index (χ1) is 5.81. The molecule has 0 heterocycles. The minimum atomic E-state index is -0.458. The summed E-state index contributed by atoms with van der Waals surface area (Å²) in [4.78, 5) is 3.57. The van der Waals surface area contributed by atoms with Crippen LogP contribution in [0.1, 0.15) is 19.8 Å². The fraction of sp³-hybridized carbons (Fsp3) is 0.500. The van der Waals surface area contributed by atoms with Crippen LogP contribution in [0.15, 0.2) is 17.1 Å². The molecule has 1 N–H and O–H groups in total. The zero-order chi connectivity index (χ0) is 9.23. The van der Waals surface area contributed by atoms with Gasteiger partial charge in [-0.15, -0.1) is 5.92 Å². The highest BCUT2D eigenvalue weighted by molar-refractivity contribution is 5.23. The van der Waals surface area contributed by atoms with Crippen molar-refractivity contribution in [3.05, 3.63) is 12.2 Å². The van der Waals surface area contributed by atoms with Gasteiger partial charge in [-0.25, -0.2) is 0 Å². The molecule has 66 valence electrons. The summed E-state index contributed by atoms with van der Waals surface area (Å²) in [6, 6.07) is 0. The van der Waals surface area contributed by atoms with Crippen LogP contribution in [0.4, 0.5) is 0 Å². The number of rotatable bonds is 4. The molecule has 0 aromatic rings. The Labute approximate surface area is 74.0 Å². The zero-order valence-corrected chi connectivity index (χ0v) is 7.45. The average molecular weight is 165 g/mol. The van der Waals surface area contributed by atoms with Crippen molar-refractivity contribution < 1.29 is 5.11 Å². The van der Waals surface area contributed by atoms with Gasteiger partial charge < -0.3 is 5.11 Å². The Morgan fingerprint density at radius 1 is 1.58 bits per heavy atom. The lowest BCUT2D eigenvalue weighted by Gasteiger charge is -1.99. The van der Waals surface area contributed by atoms with Crippen LogP contribution in [-0.2, 0) is 0 Å². The van der Waals surface area contributed by atoms with Gasteiger partial charge in [0.25, 0.3) is 0 Å². The van der Waals surface area contributed by atoms with Crippen molar-refractivity contribution in [2.24, 2.45) is 4.99 Å². The molecule has 1 atom stereocenters. The SMILES string of the molecule is C=NCC(O)CC#CC/C=C\C. The second-order valence-corrected chi connectivity index (χ2v) is 2.39. The van der Waals surface area contributed by atoms with Crippen LogP contribution in [0.3, 0.4) is 0 Å². The van der Waals surface area contributed by atoms with Gasteiger partial charge in [0.05, 0.1) is 12.6 Å². The highest BCUT2D eigenvalue weighted by Gasteiger charge is 1.96. The second kappa shape index (κ2) is 8.03. The molecule has 0 aliphatic rings. The Balaban J connectivity index is 3.48. The molecule has 0 saturated carbocycles. The van der Waals surface area contributed by atoms with Crippen LogP contribution >= 0.6 is 0 Å². The van der Waals surface area contributed by atoms with Crippen LogP contribution < -0.4 is 0 Å². The molecule has 0 aliphatic heterocycles. The predicted molar refractivity (Wildman–Crippen MR) is 52.2 cm³/mol. The summed E-state index contributed by atoms with van der Waals surface area (Å²) < 4.78 is 0. The molecule has 12 heavy (non-hydrogen) atoms. The van der Waals surface area contributed by atoms with Crippen molar-refractivity contribution in [1.82, 2.24) is 0 Å². The second-order valence-electron chi connectivity index (χ2n) is 2.39. The highest BCUT2D eigenvalue weighted by Crippen LogP contribution is 1.89. The predicted octanol–water partition coefficient (Wildman–Crippen LogP) is 1.41. The van der Waals surface area contributed by atoms with Crippen molar-refractivity contribution in [2.45, 2.75) is 25.9 Å². The quantitative estimate of drug-likeness (QED) is 0.381. The molecular weight excluding hydrogens is 150 g/mol. The summed E-state index contributed by atoms with van der Waals surface area (Å²) in [5, 5.41) is 9.15. The van der Waals surface area contributed by atoms with E-state index in [4.69, 9.17) is 5.11 Å². The summed E-state index contributed by atoms with van der Waals surface area (Å²) >= 11 is 0. The number of nitrogens with zero attached hydrogens (tertiary/aromatic N) is 1. The molecule has 0 aromatic heterocycles. The molecule has 0 radical (unpaired) electrons. The Kier molecular flexibility index (Phi) is 7.31. The number of aliphatic hydroxyl groups excluding tert-OH is 1. The molecule has 2 heteroatoms. The standard InChI is InChI=1S/C10H15NO/c1-3-4-5-6-7-8-10(12)9-11-2/h3-4,10,12H,2,5,8-9H2,1H3/b4-3-. The lowest BCUT2D eigenvalue weighted by molar-refractivity contribution is 0.189. The largest absolute Gasteiger partial charge is 0.390 e. The van der Waals surface area contributed by atoms with Crippen LogP contribution in [-0.4, -0.2) is 24.5 Å². The lowest BCUT2D eigenvalue weighted by Crippen LogP contribution is -2.08. The van der Waals surface area contributed by atoms with E-state index in [2.05, 4.69) is 23.6 Å². The van der Waals surface area contributed by atoms with E-state index in [0.717, 1.165) is 6.42 Å². The van der Waals surface area contributed by atoms with Gasteiger partial charge in [-0.2, -0.15) is 0 Å². The molecule has 1 unspecified atom stereocenters. The number of allylic oxidation sites excluding steroid dienone is 2. The van der Waals surface area contributed by atoms with Crippen LogP contribution in [0.25, 0.3) is 0 Å². The molecule has 0 fully saturated rings. The van der Waals surface area contributed by atoms with Crippen LogP contribution in [0.2, 0.25) is 0 Å². The normalized spacial score (nSPS) is 12.2. The Morgan fingerprint density at radius 3 is 2.92 bits per heavy atom. The van der Waals surface area contributed by atoms with Crippen molar-refractivity contribution in [2.75, 3.05) is 6.54 Å². The maximum Gasteiger partial charge on any atom is 0.0843 e. The van der Waals surface area contributed by atoms with Gasteiger partial charge in [-0.05, 0) is 13.6 Å². The van der Waals surface area contributed by atoms with Gasteiger partial charge in [0.15, 0.2) is 0 Å². The van der Waals surface area contributed by atoms with Crippen molar-refractivity contribution in [3.63, 3.8) is 0 Å². The highest BCUT2D eigenvalue weighted by atomic mass is 16.3. The minimum Gasteiger partial charge on any atom is -0.390 e. The summed E-state index contributed by atoms with van der Waals surface area (Å²) in [5.41, 5.74) is 0. The molecule has 0 bridgehead atoms. The summed E-state index contributed by atoms with van der Waals surface area (Å²) in [6.07, 6.45) is 4.71. The van der Waals surface area contributed by atoms with E-state index < -0.39 is 6.10 Å². The fourth-order valence-corrected chi connectivity index (χ4v) is 0.652. The van der Waals surface area contributed by atoms with Gasteiger partial charge in [0.1, 0.15) is 0 Å². The number of hydrogen-bond donors (Lipinski definition) is 1. The lowest BCUT2D eigenvalue weighted by atomic mass is 10.2. The van der Waals surface area contributed by atoms with E-state index in [0.29, 0.717) is 13.0 Å². The molecular formula is C10H15NO. The van der Waals surface area contributed by atoms with E-state index in [1.54, 1.807) is 0 Å². The van der Waals surface area contributed by atoms with Crippen molar-refractivity contribution in [1.29, 1.82) is 0 Å². The molecule has 0 spiro atoms. The Bertz CT molecular complexity index is 198. The number of hydrogen-bond acceptors (Lipinski definition) is 2. The monoisotopic (exact) mass is 165 g/mol. The topological polar surface area (TPSA) is 32.6 Å². The van der Waals surface area contributed by atoms with E-state index in [1.165, 1.54) is 0 Å². The number of aliphatic imine (C=N–C) groups is 1. The van der Waals surface area contributed by atoms with Gasteiger partial charge in [-0.3, -0.25) is 4.99 Å². The third-order valence-electron chi connectivity index (χ3n) is 1.26. The smallest absolute Gasteiger partial charge is 0.0843 e. The molecule has 0 aromatic carbocycles. The molecule has 2 nitrogen and oxygen atoms in total.